The molecule has 7 heteroatoms. The van der Waals surface area contributed by atoms with Crippen molar-refractivity contribution in [1.82, 2.24) is 15.3 Å². The number of amides is 1. The van der Waals surface area contributed by atoms with Crippen LogP contribution in [0.3, 0.4) is 0 Å². The van der Waals surface area contributed by atoms with E-state index in [0.717, 1.165) is 42.5 Å². The van der Waals surface area contributed by atoms with Crippen LogP contribution in [0.1, 0.15) is 36.8 Å². The highest BCUT2D eigenvalue weighted by Crippen LogP contribution is 2.27. The number of aromatic nitrogens is 2. The minimum absolute atomic E-state index is 0.0133. The van der Waals surface area contributed by atoms with Gasteiger partial charge in [-0.3, -0.25) is 0 Å². The summed E-state index contributed by atoms with van der Waals surface area (Å²) in [4.78, 5) is 19.7. The van der Waals surface area contributed by atoms with Crippen LogP contribution in [0.2, 0.25) is 0 Å². The van der Waals surface area contributed by atoms with Crippen LogP contribution in [-0.2, 0) is 0 Å². The first kappa shape index (κ1) is 18.0. The second-order valence-corrected chi connectivity index (χ2v) is 6.84. The standard InChI is InChI=1S/C19H25N5O2/c1-11-6-5-7-13(12(11)2)16-10-17(24-18(20)22-16)21-14-8-3-4-9-15(14)23-19(25)26/h5-7,10,14-15,23H,3-4,8-9H2,1-2H3,(H,25,26)(H3,20,21,22,24). The fourth-order valence-corrected chi connectivity index (χ4v) is 3.53. The van der Waals surface area contributed by atoms with Crippen molar-refractivity contribution in [3.05, 3.63) is 35.4 Å². The SMILES string of the molecule is Cc1cccc(-c2cc(NC3CCCCC3NC(=O)O)nc(N)n2)c1C. The summed E-state index contributed by atoms with van der Waals surface area (Å²) in [6.45, 7) is 4.12. The molecule has 0 saturated heterocycles. The molecule has 138 valence electrons. The quantitative estimate of drug-likeness (QED) is 0.669. The highest BCUT2D eigenvalue weighted by Gasteiger charge is 2.27. The smallest absolute Gasteiger partial charge is 0.404 e. The Labute approximate surface area is 153 Å². The van der Waals surface area contributed by atoms with Gasteiger partial charge in [0, 0.05) is 17.7 Å². The molecule has 2 aromatic rings. The van der Waals surface area contributed by atoms with Crippen molar-refractivity contribution in [2.75, 3.05) is 11.1 Å². The van der Waals surface area contributed by atoms with Crippen molar-refractivity contribution in [2.45, 2.75) is 51.6 Å². The molecule has 1 saturated carbocycles. The maximum atomic E-state index is 11.0. The Morgan fingerprint density at radius 2 is 1.92 bits per heavy atom. The maximum absolute atomic E-state index is 11.0. The van der Waals surface area contributed by atoms with Crippen LogP contribution in [0, 0.1) is 13.8 Å². The van der Waals surface area contributed by atoms with E-state index >= 15 is 0 Å². The van der Waals surface area contributed by atoms with Crippen molar-refractivity contribution in [3.8, 4) is 11.3 Å². The molecule has 1 heterocycles. The third kappa shape index (κ3) is 4.04. The van der Waals surface area contributed by atoms with Crippen molar-refractivity contribution >= 4 is 17.9 Å². The number of nitrogens with two attached hydrogens (primary N) is 1. The largest absolute Gasteiger partial charge is 0.465 e. The predicted octanol–water partition coefficient (Wildman–Crippen LogP) is 3.33. The van der Waals surface area contributed by atoms with Crippen molar-refractivity contribution in [3.63, 3.8) is 0 Å². The highest BCUT2D eigenvalue weighted by atomic mass is 16.4. The number of aryl methyl sites for hydroxylation is 1. The van der Waals surface area contributed by atoms with Gasteiger partial charge in [0.15, 0.2) is 0 Å². The minimum atomic E-state index is -0.998. The van der Waals surface area contributed by atoms with Crippen LogP contribution in [0.25, 0.3) is 11.3 Å². The number of rotatable bonds is 4. The lowest BCUT2D eigenvalue weighted by molar-refractivity contribution is 0.184. The Hall–Kier alpha value is -2.83. The first-order valence-electron chi connectivity index (χ1n) is 8.91. The number of anilines is 2. The van der Waals surface area contributed by atoms with Gasteiger partial charge in [-0.15, -0.1) is 0 Å². The lowest BCUT2D eigenvalue weighted by atomic mass is 9.90. The number of nitrogens with zero attached hydrogens (tertiary/aromatic N) is 2. The number of nitrogens with one attached hydrogen (secondary N) is 2. The van der Waals surface area contributed by atoms with Crippen LogP contribution in [0.4, 0.5) is 16.6 Å². The van der Waals surface area contributed by atoms with E-state index in [0.29, 0.717) is 5.82 Å². The van der Waals surface area contributed by atoms with Crippen LogP contribution in [-0.4, -0.2) is 33.3 Å². The van der Waals surface area contributed by atoms with Gasteiger partial charge in [0.1, 0.15) is 5.82 Å². The number of benzene rings is 1. The van der Waals surface area contributed by atoms with E-state index in [2.05, 4.69) is 40.5 Å². The zero-order chi connectivity index (χ0) is 18.7. The zero-order valence-electron chi connectivity index (χ0n) is 15.1. The Morgan fingerprint density at radius 1 is 1.19 bits per heavy atom. The molecule has 3 rings (SSSR count). The van der Waals surface area contributed by atoms with Gasteiger partial charge in [-0.25, -0.2) is 9.78 Å². The summed E-state index contributed by atoms with van der Waals surface area (Å²) in [7, 11) is 0. The topological polar surface area (TPSA) is 113 Å². The van der Waals surface area contributed by atoms with Crippen LogP contribution < -0.4 is 16.4 Å². The molecule has 5 N–H and O–H groups in total. The van der Waals surface area contributed by atoms with Crippen molar-refractivity contribution < 1.29 is 9.90 Å². The zero-order valence-corrected chi connectivity index (χ0v) is 15.1. The maximum Gasteiger partial charge on any atom is 0.404 e. The Morgan fingerprint density at radius 3 is 2.65 bits per heavy atom. The van der Waals surface area contributed by atoms with Crippen LogP contribution >= 0.6 is 0 Å². The average molecular weight is 355 g/mol. The summed E-state index contributed by atoms with van der Waals surface area (Å²) >= 11 is 0. The molecule has 1 aliphatic rings. The molecule has 0 aliphatic heterocycles. The van der Waals surface area contributed by atoms with Crippen molar-refractivity contribution in [1.29, 1.82) is 0 Å². The summed E-state index contributed by atoms with van der Waals surface area (Å²) in [5, 5.41) is 15.0. The lowest BCUT2D eigenvalue weighted by Gasteiger charge is -2.32. The molecular formula is C19H25N5O2. The minimum Gasteiger partial charge on any atom is -0.465 e. The van der Waals surface area contributed by atoms with Gasteiger partial charge in [0.25, 0.3) is 0 Å². The van der Waals surface area contributed by atoms with E-state index in [4.69, 9.17) is 10.8 Å². The van der Waals surface area contributed by atoms with E-state index < -0.39 is 6.09 Å². The second-order valence-electron chi connectivity index (χ2n) is 6.84. The number of nitrogen functional groups attached to an aromatic ring is 1. The van der Waals surface area contributed by atoms with Gasteiger partial charge >= 0.3 is 6.09 Å². The van der Waals surface area contributed by atoms with E-state index in [1.165, 1.54) is 5.56 Å². The fraction of sp³-hybridized carbons (Fsp3) is 0.421. The average Bonchev–Trinajstić information content (AvgIpc) is 2.58. The van der Waals surface area contributed by atoms with Gasteiger partial charge in [-0.1, -0.05) is 31.0 Å². The number of hydrogen-bond acceptors (Lipinski definition) is 5. The Kier molecular flexibility index (Phi) is 5.25. The molecule has 1 amide bonds. The van der Waals surface area contributed by atoms with E-state index in [-0.39, 0.29) is 18.0 Å². The summed E-state index contributed by atoms with van der Waals surface area (Å²) in [5.74, 6) is 0.821. The fourth-order valence-electron chi connectivity index (χ4n) is 3.53. The molecule has 26 heavy (non-hydrogen) atoms. The molecule has 1 aliphatic carbocycles. The molecular weight excluding hydrogens is 330 g/mol. The Balaban J connectivity index is 1.87. The molecule has 0 radical (unpaired) electrons. The van der Waals surface area contributed by atoms with Crippen molar-refractivity contribution in [2.24, 2.45) is 0 Å². The highest BCUT2D eigenvalue weighted by molar-refractivity contribution is 5.69. The van der Waals surface area contributed by atoms with Crippen LogP contribution in [0.5, 0.6) is 0 Å². The molecule has 2 unspecified atom stereocenters. The van der Waals surface area contributed by atoms with E-state index in [1.54, 1.807) is 0 Å². The molecule has 7 nitrogen and oxygen atoms in total. The molecule has 1 fully saturated rings. The first-order chi connectivity index (χ1) is 12.4. The number of carboxylic acid groups (broad SMARTS) is 1. The molecule has 2 atom stereocenters. The number of hydrogen-bond donors (Lipinski definition) is 4. The van der Waals surface area contributed by atoms with Crippen LogP contribution in [0.15, 0.2) is 24.3 Å². The summed E-state index contributed by atoms with van der Waals surface area (Å²) in [6.07, 6.45) is 2.77. The third-order valence-electron chi connectivity index (χ3n) is 5.03. The van der Waals surface area contributed by atoms with E-state index in [9.17, 15) is 4.79 Å². The second kappa shape index (κ2) is 7.59. The molecule has 0 bridgehead atoms. The Bertz CT molecular complexity index is 809. The third-order valence-corrected chi connectivity index (χ3v) is 5.03. The summed E-state index contributed by atoms with van der Waals surface area (Å²) < 4.78 is 0. The molecule has 0 spiro atoms. The van der Waals surface area contributed by atoms with Gasteiger partial charge < -0.3 is 21.5 Å². The normalized spacial score (nSPS) is 19.8. The van der Waals surface area contributed by atoms with Gasteiger partial charge in [0.2, 0.25) is 5.95 Å². The number of carbonyl (C=O) groups is 1. The summed E-state index contributed by atoms with van der Waals surface area (Å²) in [6, 6.07) is 7.81. The predicted molar refractivity (Wildman–Crippen MR) is 102 cm³/mol. The molecule has 1 aromatic carbocycles. The monoisotopic (exact) mass is 355 g/mol. The lowest BCUT2D eigenvalue weighted by Crippen LogP contribution is -2.48. The van der Waals surface area contributed by atoms with Gasteiger partial charge in [-0.05, 0) is 37.8 Å². The van der Waals surface area contributed by atoms with Gasteiger partial charge in [-0.2, -0.15) is 4.98 Å². The van der Waals surface area contributed by atoms with E-state index in [1.807, 2.05) is 18.2 Å². The summed E-state index contributed by atoms with van der Waals surface area (Å²) in [5.41, 5.74) is 10.1. The molecule has 1 aromatic heterocycles. The van der Waals surface area contributed by atoms with Gasteiger partial charge in [0.05, 0.1) is 11.7 Å². The first-order valence-corrected chi connectivity index (χ1v) is 8.91.